The monoisotopic (exact) mass is 190 g/mol. The van der Waals surface area contributed by atoms with Gasteiger partial charge in [-0.3, -0.25) is 0 Å². The van der Waals surface area contributed by atoms with E-state index in [0.717, 1.165) is 32.8 Å². The summed E-state index contributed by atoms with van der Waals surface area (Å²) in [5, 5.41) is 9.44. The van der Waals surface area contributed by atoms with E-state index in [4.69, 9.17) is 0 Å². The highest BCUT2D eigenvalue weighted by Gasteiger charge is 2.34. The van der Waals surface area contributed by atoms with Crippen LogP contribution in [0, 0.1) is 5.92 Å². The maximum absolute atomic E-state index is 13.1. The molecule has 0 heterocycles. The van der Waals surface area contributed by atoms with Gasteiger partial charge in [0.05, 0.1) is 13.2 Å². The number of alkyl halides is 1. The van der Waals surface area contributed by atoms with Gasteiger partial charge in [0.15, 0.2) is 0 Å². The van der Waals surface area contributed by atoms with Crippen molar-refractivity contribution in [2.24, 2.45) is 5.92 Å². The van der Waals surface area contributed by atoms with Crippen LogP contribution in [0.25, 0.3) is 0 Å². The second kappa shape index (κ2) is 4.56. The highest BCUT2D eigenvalue weighted by atomic mass is 19.1. The summed E-state index contributed by atoms with van der Waals surface area (Å²) >= 11 is 0. The molecule has 1 rings (SSSR count). The van der Waals surface area contributed by atoms with Gasteiger partial charge >= 0.3 is 5.97 Å². The predicted molar refractivity (Wildman–Crippen MR) is 44.9 cm³/mol. The lowest BCUT2D eigenvalue weighted by Gasteiger charge is -2.19. The summed E-state index contributed by atoms with van der Waals surface area (Å²) in [5.74, 6) is -1.05. The van der Waals surface area contributed by atoms with Crippen molar-refractivity contribution in [3.05, 3.63) is 0 Å². The van der Waals surface area contributed by atoms with Gasteiger partial charge < -0.3 is 9.84 Å². The van der Waals surface area contributed by atoms with E-state index in [2.05, 4.69) is 4.74 Å². The number of esters is 1. The zero-order chi connectivity index (χ0) is 9.84. The Bertz CT molecular complexity index is 178. The molecule has 1 N–H and O–H groups in total. The molecule has 0 bridgehead atoms. The number of carbonyl (C=O) groups is 1. The molecule has 0 amide bonds. The van der Waals surface area contributed by atoms with Crippen LogP contribution >= 0.6 is 0 Å². The molecule has 76 valence electrons. The Kier molecular flexibility index (Phi) is 3.66. The van der Waals surface area contributed by atoms with Crippen molar-refractivity contribution in [1.29, 1.82) is 0 Å². The molecule has 3 nitrogen and oxygen atoms in total. The predicted octanol–water partition coefficient (Wildman–Crippen LogP) is 1.05. The highest BCUT2D eigenvalue weighted by Crippen LogP contribution is 2.29. The van der Waals surface area contributed by atoms with Crippen LogP contribution in [-0.2, 0) is 9.53 Å². The Morgan fingerprint density at radius 1 is 1.54 bits per heavy atom. The quantitative estimate of drug-likeness (QED) is 0.676. The maximum atomic E-state index is 13.1. The van der Waals surface area contributed by atoms with Crippen molar-refractivity contribution in [2.45, 2.75) is 38.0 Å². The Labute approximate surface area is 76.9 Å². The highest BCUT2D eigenvalue weighted by molar-refractivity contribution is 5.75. The lowest BCUT2D eigenvalue weighted by molar-refractivity contribution is -0.152. The van der Waals surface area contributed by atoms with Gasteiger partial charge in [-0.05, 0) is 18.8 Å². The fraction of sp³-hybridized carbons (Fsp3) is 0.889. The third kappa shape index (κ3) is 2.40. The summed E-state index contributed by atoms with van der Waals surface area (Å²) in [5.41, 5.74) is 0. The fourth-order valence-electron chi connectivity index (χ4n) is 1.79. The number of halogens is 1. The van der Waals surface area contributed by atoms with Gasteiger partial charge in [-0.25, -0.2) is 9.18 Å². The van der Waals surface area contributed by atoms with E-state index in [1.54, 1.807) is 0 Å². The molecule has 1 aliphatic carbocycles. The third-order valence-electron chi connectivity index (χ3n) is 2.61. The van der Waals surface area contributed by atoms with Gasteiger partial charge in [-0.2, -0.15) is 0 Å². The molecule has 0 spiro atoms. The van der Waals surface area contributed by atoms with Crippen LogP contribution in [0.4, 0.5) is 4.39 Å². The largest absolute Gasteiger partial charge is 0.467 e. The molecule has 0 aliphatic heterocycles. The van der Waals surface area contributed by atoms with Gasteiger partial charge in [-0.1, -0.05) is 12.8 Å². The van der Waals surface area contributed by atoms with E-state index in [1.165, 1.54) is 0 Å². The number of aliphatic hydroxyl groups is 1. The molecule has 0 radical (unpaired) electrons. The van der Waals surface area contributed by atoms with E-state index >= 15 is 0 Å². The number of carbonyl (C=O) groups excluding carboxylic acids is 1. The molecule has 1 saturated carbocycles. The fourth-order valence-corrected chi connectivity index (χ4v) is 1.79. The van der Waals surface area contributed by atoms with Crippen molar-refractivity contribution in [1.82, 2.24) is 0 Å². The minimum Gasteiger partial charge on any atom is -0.467 e. The first-order valence-electron chi connectivity index (χ1n) is 4.56. The minimum atomic E-state index is -1.88. The smallest absolute Gasteiger partial charge is 0.343 e. The normalized spacial score (nSPS) is 22.7. The number of ether oxygens (including phenoxy) is 1. The first kappa shape index (κ1) is 10.4. The number of aliphatic hydroxyl groups excluding tert-OH is 1. The molecule has 0 aromatic rings. The van der Waals surface area contributed by atoms with Gasteiger partial charge in [0.25, 0.3) is 0 Å². The van der Waals surface area contributed by atoms with Gasteiger partial charge in [0.1, 0.15) is 0 Å². The Morgan fingerprint density at radius 2 is 2.08 bits per heavy atom. The summed E-state index contributed by atoms with van der Waals surface area (Å²) in [6, 6.07) is 0. The van der Waals surface area contributed by atoms with Crippen LogP contribution in [0.1, 0.15) is 25.7 Å². The van der Waals surface area contributed by atoms with Crippen molar-refractivity contribution >= 4 is 5.97 Å². The Hall–Kier alpha value is -0.640. The first-order chi connectivity index (χ1) is 6.16. The SMILES string of the molecule is COC(=O)C(F)C(O)C1CCCC1. The molecule has 2 unspecified atom stereocenters. The standard InChI is InChI=1S/C9H15FO3/c1-13-9(12)7(10)8(11)6-4-2-3-5-6/h6-8,11H,2-5H2,1H3. The first-order valence-corrected chi connectivity index (χ1v) is 4.56. The number of methoxy groups -OCH3 is 1. The van der Waals surface area contributed by atoms with E-state index < -0.39 is 18.2 Å². The van der Waals surface area contributed by atoms with Crippen LogP contribution in [0.2, 0.25) is 0 Å². The van der Waals surface area contributed by atoms with Crippen molar-refractivity contribution < 1.29 is 19.0 Å². The van der Waals surface area contributed by atoms with Gasteiger partial charge in [0, 0.05) is 0 Å². The molecule has 0 saturated heterocycles. The van der Waals surface area contributed by atoms with E-state index in [9.17, 15) is 14.3 Å². The van der Waals surface area contributed by atoms with Crippen molar-refractivity contribution in [3.63, 3.8) is 0 Å². The lowest BCUT2D eigenvalue weighted by atomic mass is 9.97. The zero-order valence-corrected chi connectivity index (χ0v) is 7.70. The number of hydrogen-bond acceptors (Lipinski definition) is 3. The van der Waals surface area contributed by atoms with E-state index in [1.807, 2.05) is 0 Å². The summed E-state index contributed by atoms with van der Waals surface area (Å²) in [6.45, 7) is 0. The van der Waals surface area contributed by atoms with Crippen LogP contribution in [0.3, 0.4) is 0 Å². The van der Waals surface area contributed by atoms with Crippen LogP contribution < -0.4 is 0 Å². The van der Waals surface area contributed by atoms with Crippen molar-refractivity contribution in [3.8, 4) is 0 Å². The zero-order valence-electron chi connectivity index (χ0n) is 7.70. The summed E-state index contributed by atoms with van der Waals surface area (Å²) < 4.78 is 17.3. The molecular weight excluding hydrogens is 175 g/mol. The molecule has 1 fully saturated rings. The molecule has 0 aromatic carbocycles. The molecule has 4 heteroatoms. The van der Waals surface area contributed by atoms with Crippen LogP contribution in [-0.4, -0.2) is 30.5 Å². The summed E-state index contributed by atoms with van der Waals surface area (Å²) in [6.07, 6.45) is 0.561. The summed E-state index contributed by atoms with van der Waals surface area (Å²) in [7, 11) is 1.12. The summed E-state index contributed by atoms with van der Waals surface area (Å²) in [4.78, 5) is 10.8. The molecular formula is C9H15FO3. The lowest BCUT2D eigenvalue weighted by Crippen LogP contribution is -2.35. The minimum absolute atomic E-state index is 0.0749. The topological polar surface area (TPSA) is 46.5 Å². The van der Waals surface area contributed by atoms with Crippen LogP contribution in [0.15, 0.2) is 0 Å². The average molecular weight is 190 g/mol. The third-order valence-corrected chi connectivity index (χ3v) is 2.61. The van der Waals surface area contributed by atoms with Gasteiger partial charge in [0.2, 0.25) is 6.17 Å². The van der Waals surface area contributed by atoms with E-state index in [-0.39, 0.29) is 5.92 Å². The molecule has 2 atom stereocenters. The second-order valence-corrected chi connectivity index (χ2v) is 3.46. The number of rotatable bonds is 3. The molecule has 0 aromatic heterocycles. The maximum Gasteiger partial charge on any atom is 0.343 e. The Balaban J connectivity index is 2.45. The molecule has 1 aliphatic rings. The average Bonchev–Trinajstić information content (AvgIpc) is 2.67. The van der Waals surface area contributed by atoms with Crippen molar-refractivity contribution in [2.75, 3.05) is 7.11 Å². The van der Waals surface area contributed by atoms with Gasteiger partial charge in [-0.15, -0.1) is 0 Å². The van der Waals surface area contributed by atoms with Crippen LogP contribution in [0.5, 0.6) is 0 Å². The molecule has 13 heavy (non-hydrogen) atoms. The van der Waals surface area contributed by atoms with E-state index in [0.29, 0.717) is 0 Å². The number of hydrogen-bond donors (Lipinski definition) is 1. The Morgan fingerprint density at radius 3 is 2.54 bits per heavy atom. The second-order valence-electron chi connectivity index (χ2n) is 3.46.